The molecule has 1 saturated heterocycles. The van der Waals surface area contributed by atoms with Crippen LogP contribution in [0.4, 0.5) is 0 Å². The van der Waals surface area contributed by atoms with Gasteiger partial charge in [0.1, 0.15) is 0 Å². The first kappa shape index (κ1) is 6.29. The minimum atomic E-state index is -0.879. The molecule has 3 heteroatoms. The fourth-order valence-corrected chi connectivity index (χ4v) is 0.767. The molecule has 0 saturated carbocycles. The van der Waals surface area contributed by atoms with Crippen molar-refractivity contribution < 1.29 is 14.6 Å². The minimum Gasteiger partial charge on any atom is -0.478 e. The van der Waals surface area contributed by atoms with Gasteiger partial charge in [-0.3, -0.25) is 0 Å². The van der Waals surface area contributed by atoms with Gasteiger partial charge in [0.25, 0.3) is 0 Å². The number of aliphatic carboxylic acids is 1. The molecule has 1 aliphatic rings. The summed E-state index contributed by atoms with van der Waals surface area (Å²) in [4.78, 5) is 10.0. The van der Waals surface area contributed by atoms with E-state index in [1.54, 1.807) is 0 Å². The molecule has 0 aliphatic carbocycles. The fourth-order valence-electron chi connectivity index (χ4n) is 0.767. The Morgan fingerprint density at radius 1 is 1.78 bits per heavy atom. The lowest BCUT2D eigenvalue weighted by Crippen LogP contribution is -1.91. The lowest BCUT2D eigenvalue weighted by Gasteiger charge is -1.86. The van der Waals surface area contributed by atoms with Gasteiger partial charge in [-0.2, -0.15) is 0 Å². The van der Waals surface area contributed by atoms with Crippen molar-refractivity contribution in [2.75, 3.05) is 13.2 Å². The SMILES string of the molecule is O=C(O)/C=C1\CCOC1. The van der Waals surface area contributed by atoms with Crippen molar-refractivity contribution in [1.29, 1.82) is 0 Å². The third kappa shape index (κ3) is 1.85. The van der Waals surface area contributed by atoms with Crippen LogP contribution in [0.1, 0.15) is 6.42 Å². The lowest BCUT2D eigenvalue weighted by molar-refractivity contribution is -0.131. The number of carboxylic acid groups (broad SMARTS) is 1. The van der Waals surface area contributed by atoms with Crippen LogP contribution in [0.25, 0.3) is 0 Å². The largest absolute Gasteiger partial charge is 0.478 e. The highest BCUT2D eigenvalue weighted by molar-refractivity contribution is 5.80. The van der Waals surface area contributed by atoms with Crippen molar-refractivity contribution in [2.24, 2.45) is 0 Å². The van der Waals surface area contributed by atoms with Gasteiger partial charge in [0.15, 0.2) is 0 Å². The number of carboxylic acids is 1. The summed E-state index contributed by atoms with van der Waals surface area (Å²) in [5, 5.41) is 8.24. The molecule has 0 amide bonds. The second-order valence-electron chi connectivity index (χ2n) is 1.94. The van der Waals surface area contributed by atoms with Crippen molar-refractivity contribution in [1.82, 2.24) is 0 Å². The summed E-state index contributed by atoms with van der Waals surface area (Å²) in [5.74, 6) is -0.879. The molecule has 0 bridgehead atoms. The molecule has 0 aromatic carbocycles. The number of rotatable bonds is 1. The third-order valence-corrected chi connectivity index (χ3v) is 1.18. The van der Waals surface area contributed by atoms with Crippen LogP contribution in [0.3, 0.4) is 0 Å². The van der Waals surface area contributed by atoms with Gasteiger partial charge in [-0.15, -0.1) is 0 Å². The van der Waals surface area contributed by atoms with Crippen LogP contribution in [0.15, 0.2) is 11.6 Å². The smallest absolute Gasteiger partial charge is 0.328 e. The maximum atomic E-state index is 10.0. The van der Waals surface area contributed by atoms with Gasteiger partial charge in [0, 0.05) is 6.08 Å². The average molecular weight is 128 g/mol. The Bertz CT molecular complexity index is 140. The standard InChI is InChI=1S/C6H8O3/c7-6(8)3-5-1-2-9-4-5/h3H,1-2,4H2,(H,7,8)/b5-3+. The van der Waals surface area contributed by atoms with Gasteiger partial charge in [0.05, 0.1) is 13.2 Å². The predicted octanol–water partition coefficient (Wildman–Crippen LogP) is 0.418. The highest BCUT2D eigenvalue weighted by atomic mass is 16.5. The van der Waals surface area contributed by atoms with Gasteiger partial charge >= 0.3 is 5.97 Å². The normalized spacial score (nSPS) is 22.9. The van der Waals surface area contributed by atoms with Crippen molar-refractivity contribution in [2.45, 2.75) is 6.42 Å². The fraction of sp³-hybridized carbons (Fsp3) is 0.500. The molecule has 50 valence electrons. The van der Waals surface area contributed by atoms with Gasteiger partial charge in [-0.25, -0.2) is 4.79 Å². The Kier molecular flexibility index (Phi) is 1.85. The zero-order chi connectivity index (χ0) is 6.69. The molecule has 1 aliphatic heterocycles. The van der Waals surface area contributed by atoms with Crippen LogP contribution in [0.5, 0.6) is 0 Å². The summed E-state index contributed by atoms with van der Waals surface area (Å²) < 4.78 is 4.93. The van der Waals surface area contributed by atoms with Crippen molar-refractivity contribution >= 4 is 5.97 Å². The summed E-state index contributed by atoms with van der Waals surface area (Å²) >= 11 is 0. The number of ether oxygens (including phenoxy) is 1. The van der Waals surface area contributed by atoms with E-state index in [2.05, 4.69) is 0 Å². The maximum Gasteiger partial charge on any atom is 0.328 e. The highest BCUT2D eigenvalue weighted by Crippen LogP contribution is 2.09. The first-order chi connectivity index (χ1) is 4.29. The molecule has 1 fully saturated rings. The molecular weight excluding hydrogens is 120 g/mol. The zero-order valence-corrected chi connectivity index (χ0v) is 4.96. The molecule has 0 radical (unpaired) electrons. The quantitative estimate of drug-likeness (QED) is 0.520. The van der Waals surface area contributed by atoms with E-state index < -0.39 is 5.97 Å². The van der Waals surface area contributed by atoms with E-state index in [0.717, 1.165) is 12.0 Å². The summed E-state index contributed by atoms with van der Waals surface area (Å²) in [5.41, 5.74) is 0.877. The third-order valence-electron chi connectivity index (χ3n) is 1.18. The Labute approximate surface area is 52.9 Å². The molecule has 1 N–H and O–H groups in total. The number of hydrogen-bond donors (Lipinski definition) is 1. The van der Waals surface area contributed by atoms with E-state index in [0.29, 0.717) is 13.2 Å². The topological polar surface area (TPSA) is 46.5 Å². The lowest BCUT2D eigenvalue weighted by atomic mass is 10.2. The van der Waals surface area contributed by atoms with Crippen molar-refractivity contribution in [3.63, 3.8) is 0 Å². The van der Waals surface area contributed by atoms with Crippen LogP contribution in [0, 0.1) is 0 Å². The van der Waals surface area contributed by atoms with Crippen LogP contribution in [-0.2, 0) is 9.53 Å². The molecule has 9 heavy (non-hydrogen) atoms. The number of hydrogen-bond acceptors (Lipinski definition) is 2. The van der Waals surface area contributed by atoms with E-state index in [9.17, 15) is 4.79 Å². The van der Waals surface area contributed by atoms with Gasteiger partial charge in [-0.05, 0) is 12.0 Å². The summed E-state index contributed by atoms with van der Waals surface area (Å²) in [6.45, 7) is 1.16. The molecule has 0 aromatic rings. The average Bonchev–Trinajstić information content (AvgIpc) is 2.15. The Hall–Kier alpha value is -0.830. The molecule has 0 unspecified atom stereocenters. The first-order valence-corrected chi connectivity index (χ1v) is 2.79. The zero-order valence-electron chi connectivity index (χ0n) is 4.96. The van der Waals surface area contributed by atoms with Gasteiger partial charge in [0.2, 0.25) is 0 Å². The van der Waals surface area contributed by atoms with Crippen LogP contribution in [0.2, 0.25) is 0 Å². The van der Waals surface area contributed by atoms with Crippen LogP contribution >= 0.6 is 0 Å². The predicted molar refractivity (Wildman–Crippen MR) is 31.2 cm³/mol. The highest BCUT2D eigenvalue weighted by Gasteiger charge is 2.07. The van der Waals surface area contributed by atoms with Crippen molar-refractivity contribution in [3.8, 4) is 0 Å². The summed E-state index contributed by atoms with van der Waals surface area (Å²) in [6.07, 6.45) is 1.99. The molecule has 1 heterocycles. The molecule has 0 spiro atoms. The monoisotopic (exact) mass is 128 g/mol. The Balaban J connectivity index is 2.49. The molecule has 1 rings (SSSR count). The van der Waals surface area contributed by atoms with Crippen LogP contribution in [-0.4, -0.2) is 24.3 Å². The summed E-state index contributed by atoms with van der Waals surface area (Å²) in [7, 11) is 0. The Morgan fingerprint density at radius 2 is 2.56 bits per heavy atom. The molecular formula is C6H8O3. The molecule has 0 atom stereocenters. The van der Waals surface area contributed by atoms with E-state index in [-0.39, 0.29) is 0 Å². The van der Waals surface area contributed by atoms with Gasteiger partial charge in [-0.1, -0.05) is 0 Å². The second kappa shape index (κ2) is 2.64. The Morgan fingerprint density at radius 3 is 3.00 bits per heavy atom. The van der Waals surface area contributed by atoms with Crippen molar-refractivity contribution in [3.05, 3.63) is 11.6 Å². The maximum absolute atomic E-state index is 10.0. The first-order valence-electron chi connectivity index (χ1n) is 2.79. The molecule has 0 aromatic heterocycles. The van der Waals surface area contributed by atoms with Gasteiger partial charge < -0.3 is 9.84 Å². The summed E-state index contributed by atoms with van der Waals surface area (Å²) in [6, 6.07) is 0. The minimum absolute atomic E-state index is 0.492. The second-order valence-corrected chi connectivity index (χ2v) is 1.94. The van der Waals surface area contributed by atoms with Crippen LogP contribution < -0.4 is 0 Å². The molecule has 3 nitrogen and oxygen atoms in total. The van der Waals surface area contributed by atoms with E-state index in [1.807, 2.05) is 0 Å². The number of carbonyl (C=O) groups is 1. The van der Waals surface area contributed by atoms with E-state index in [4.69, 9.17) is 9.84 Å². The van der Waals surface area contributed by atoms with E-state index >= 15 is 0 Å². The van der Waals surface area contributed by atoms with E-state index in [1.165, 1.54) is 6.08 Å².